The van der Waals surface area contributed by atoms with E-state index in [1.165, 1.54) is 12.1 Å². The first-order valence-corrected chi connectivity index (χ1v) is 11.4. The standard InChI is InChI=1S/C26H23F3N2O5/c27-26(28,29)19-12-6-7-13-20(19)30-22(32)15-36-25(35)21(14-16-8-2-1-3-9-16)31-23(33)17-10-4-5-11-18(17)24(31)34/h1-9,12-13,17-18,21H,10-11,14-15H2,(H,30,32)/t17-,18+,21-/m0/s1. The number of nitrogens with one attached hydrogen (secondary N) is 1. The van der Waals surface area contributed by atoms with E-state index < -0.39 is 65.6 Å². The van der Waals surface area contributed by atoms with Crippen LogP contribution in [0.3, 0.4) is 0 Å². The molecule has 4 rings (SSSR count). The summed E-state index contributed by atoms with van der Waals surface area (Å²) in [5.74, 6) is -4.06. The van der Waals surface area contributed by atoms with E-state index in [2.05, 4.69) is 5.32 Å². The van der Waals surface area contributed by atoms with Gasteiger partial charge in [0.05, 0.1) is 23.1 Å². The monoisotopic (exact) mass is 500 g/mol. The lowest BCUT2D eigenvalue weighted by Gasteiger charge is -2.25. The molecule has 36 heavy (non-hydrogen) atoms. The van der Waals surface area contributed by atoms with E-state index >= 15 is 0 Å². The fourth-order valence-electron chi connectivity index (χ4n) is 4.51. The van der Waals surface area contributed by atoms with Gasteiger partial charge in [-0.25, -0.2) is 4.79 Å². The van der Waals surface area contributed by atoms with Crippen molar-refractivity contribution in [3.63, 3.8) is 0 Å². The smallest absolute Gasteiger partial charge is 0.418 e. The lowest BCUT2D eigenvalue weighted by atomic mass is 9.85. The molecule has 0 radical (unpaired) electrons. The van der Waals surface area contributed by atoms with Crippen LogP contribution in [0.4, 0.5) is 18.9 Å². The molecule has 3 atom stereocenters. The van der Waals surface area contributed by atoms with Crippen LogP contribution in [0, 0.1) is 11.8 Å². The van der Waals surface area contributed by atoms with Crippen LogP contribution in [0.25, 0.3) is 0 Å². The number of carbonyl (C=O) groups excluding carboxylic acids is 4. The summed E-state index contributed by atoms with van der Waals surface area (Å²) in [7, 11) is 0. The van der Waals surface area contributed by atoms with Gasteiger partial charge in [-0.05, 0) is 30.5 Å². The van der Waals surface area contributed by atoms with Gasteiger partial charge in [0.2, 0.25) is 11.8 Å². The number of rotatable bonds is 7. The lowest BCUT2D eigenvalue weighted by molar-refractivity contribution is -0.160. The molecule has 0 spiro atoms. The molecule has 0 unspecified atom stereocenters. The number of para-hydroxylation sites is 1. The van der Waals surface area contributed by atoms with Gasteiger partial charge in [-0.15, -0.1) is 0 Å². The number of hydrogen-bond acceptors (Lipinski definition) is 5. The second-order valence-electron chi connectivity index (χ2n) is 8.61. The highest BCUT2D eigenvalue weighted by Crippen LogP contribution is 2.37. The second kappa shape index (κ2) is 10.3. The molecule has 1 N–H and O–H groups in total. The zero-order valence-electron chi connectivity index (χ0n) is 19.0. The molecule has 7 nitrogen and oxygen atoms in total. The largest absolute Gasteiger partial charge is 0.454 e. The fraction of sp³-hybridized carbons (Fsp3) is 0.308. The van der Waals surface area contributed by atoms with Crippen molar-refractivity contribution < 1.29 is 37.1 Å². The molecule has 0 aromatic heterocycles. The lowest BCUT2D eigenvalue weighted by Crippen LogP contribution is -2.48. The molecule has 1 fully saturated rings. The predicted molar refractivity (Wildman–Crippen MR) is 122 cm³/mol. The van der Waals surface area contributed by atoms with Crippen LogP contribution in [0.1, 0.15) is 24.0 Å². The minimum Gasteiger partial charge on any atom is -0.454 e. The van der Waals surface area contributed by atoms with Crippen LogP contribution >= 0.6 is 0 Å². The Morgan fingerprint density at radius 2 is 1.53 bits per heavy atom. The molecular formula is C26H23F3N2O5. The Kier molecular flexibility index (Phi) is 7.23. The molecule has 2 aliphatic rings. The summed E-state index contributed by atoms with van der Waals surface area (Å²) in [6.07, 6.45) is -0.293. The average molecular weight is 500 g/mol. The van der Waals surface area contributed by atoms with Gasteiger partial charge in [-0.1, -0.05) is 54.6 Å². The molecule has 3 amide bonds. The van der Waals surface area contributed by atoms with E-state index in [1.54, 1.807) is 30.3 Å². The maximum atomic E-state index is 13.2. The molecule has 0 saturated carbocycles. The number of allylic oxidation sites excluding steroid dienone is 2. The molecule has 188 valence electrons. The molecule has 1 aliphatic heterocycles. The van der Waals surface area contributed by atoms with Gasteiger partial charge in [0, 0.05) is 6.42 Å². The minimum absolute atomic E-state index is 0.0252. The number of fused-ring (bicyclic) bond motifs is 1. The topological polar surface area (TPSA) is 92.8 Å². The summed E-state index contributed by atoms with van der Waals surface area (Å²) < 4.78 is 44.7. The van der Waals surface area contributed by atoms with E-state index in [9.17, 15) is 32.3 Å². The molecule has 2 aromatic rings. The van der Waals surface area contributed by atoms with Crippen LogP contribution in [0.15, 0.2) is 66.7 Å². The van der Waals surface area contributed by atoms with Crippen molar-refractivity contribution in [1.82, 2.24) is 4.90 Å². The number of halogens is 3. The summed E-state index contributed by atoms with van der Waals surface area (Å²) in [5.41, 5.74) is -0.860. The Morgan fingerprint density at radius 3 is 2.14 bits per heavy atom. The molecular weight excluding hydrogens is 477 g/mol. The summed E-state index contributed by atoms with van der Waals surface area (Å²) in [4.78, 5) is 52.5. The Balaban J connectivity index is 1.49. The van der Waals surface area contributed by atoms with Gasteiger partial charge in [0.1, 0.15) is 6.04 Å². The molecule has 2 aromatic carbocycles. The third-order valence-electron chi connectivity index (χ3n) is 6.25. The highest BCUT2D eigenvalue weighted by Gasteiger charge is 2.51. The zero-order chi connectivity index (χ0) is 25.9. The quantitative estimate of drug-likeness (QED) is 0.355. The SMILES string of the molecule is O=C(COC(=O)[C@H](Cc1ccccc1)N1C(=O)[C@H]2CC=CC[C@H]2C1=O)Nc1ccccc1C(F)(F)F. The highest BCUT2D eigenvalue weighted by atomic mass is 19.4. The second-order valence-corrected chi connectivity index (χ2v) is 8.61. The summed E-state index contributed by atoms with van der Waals surface area (Å²) in [5, 5.41) is 2.10. The van der Waals surface area contributed by atoms with Gasteiger partial charge in [-0.2, -0.15) is 13.2 Å². The molecule has 1 heterocycles. The van der Waals surface area contributed by atoms with Gasteiger partial charge in [0.25, 0.3) is 5.91 Å². The van der Waals surface area contributed by atoms with Crippen LogP contribution in [-0.2, 0) is 36.5 Å². The molecule has 0 bridgehead atoms. The van der Waals surface area contributed by atoms with Crippen LogP contribution < -0.4 is 5.32 Å². The number of nitrogens with zero attached hydrogens (tertiary/aromatic N) is 1. The number of benzene rings is 2. The Hall–Kier alpha value is -3.95. The number of hydrogen-bond donors (Lipinski definition) is 1. The van der Waals surface area contributed by atoms with Gasteiger partial charge < -0.3 is 10.1 Å². The predicted octanol–water partition coefficient (Wildman–Crippen LogP) is 3.75. The molecule has 10 heteroatoms. The summed E-state index contributed by atoms with van der Waals surface area (Å²) >= 11 is 0. The van der Waals surface area contributed by atoms with E-state index in [0.29, 0.717) is 18.4 Å². The number of imide groups is 1. The first kappa shape index (κ1) is 25.2. The fourth-order valence-corrected chi connectivity index (χ4v) is 4.51. The van der Waals surface area contributed by atoms with E-state index in [1.807, 2.05) is 12.2 Å². The number of likely N-dealkylation sites (tertiary alicyclic amines) is 1. The Bertz CT molecular complexity index is 1170. The van der Waals surface area contributed by atoms with E-state index in [0.717, 1.165) is 17.0 Å². The van der Waals surface area contributed by atoms with Crippen molar-refractivity contribution >= 4 is 29.4 Å². The summed E-state index contributed by atoms with van der Waals surface area (Å²) in [6.45, 7) is -0.888. The third-order valence-corrected chi connectivity index (χ3v) is 6.25. The Labute approximate surface area is 204 Å². The van der Waals surface area contributed by atoms with Crippen molar-refractivity contribution in [2.75, 3.05) is 11.9 Å². The first-order valence-electron chi connectivity index (χ1n) is 11.4. The van der Waals surface area contributed by atoms with Crippen molar-refractivity contribution in [1.29, 1.82) is 0 Å². The zero-order valence-corrected chi connectivity index (χ0v) is 19.0. The van der Waals surface area contributed by atoms with Gasteiger partial charge >= 0.3 is 12.1 Å². The van der Waals surface area contributed by atoms with Gasteiger partial charge in [-0.3, -0.25) is 19.3 Å². The Morgan fingerprint density at radius 1 is 0.944 bits per heavy atom. The van der Waals surface area contributed by atoms with E-state index in [4.69, 9.17) is 4.74 Å². The summed E-state index contributed by atoms with van der Waals surface area (Å²) in [6, 6.07) is 11.8. The third kappa shape index (κ3) is 5.32. The van der Waals surface area contributed by atoms with Crippen LogP contribution in [-0.4, -0.2) is 41.2 Å². The highest BCUT2D eigenvalue weighted by molar-refractivity contribution is 6.08. The first-order chi connectivity index (χ1) is 17.2. The van der Waals surface area contributed by atoms with Crippen LogP contribution in [0.2, 0.25) is 0 Å². The number of ether oxygens (including phenoxy) is 1. The van der Waals surface area contributed by atoms with Crippen LogP contribution in [0.5, 0.6) is 0 Å². The van der Waals surface area contributed by atoms with Crippen molar-refractivity contribution in [2.24, 2.45) is 11.8 Å². The minimum atomic E-state index is -4.69. The number of esters is 1. The molecule has 1 saturated heterocycles. The number of carbonyl (C=O) groups is 4. The van der Waals surface area contributed by atoms with Crippen molar-refractivity contribution in [3.8, 4) is 0 Å². The average Bonchev–Trinajstić information content (AvgIpc) is 3.11. The maximum absolute atomic E-state index is 13.2. The van der Waals surface area contributed by atoms with Gasteiger partial charge in [0.15, 0.2) is 6.61 Å². The van der Waals surface area contributed by atoms with Crippen molar-refractivity contribution in [2.45, 2.75) is 31.5 Å². The maximum Gasteiger partial charge on any atom is 0.418 e. The van der Waals surface area contributed by atoms with E-state index in [-0.39, 0.29) is 6.42 Å². The van der Waals surface area contributed by atoms with Crippen molar-refractivity contribution in [3.05, 3.63) is 77.9 Å². The normalized spacial score (nSPS) is 20.1. The number of amides is 3. The number of alkyl halides is 3. The number of anilines is 1. The molecule has 1 aliphatic carbocycles.